The topological polar surface area (TPSA) is 67.9 Å². The van der Waals surface area contributed by atoms with Crippen molar-refractivity contribution in [1.29, 1.82) is 0 Å². The van der Waals surface area contributed by atoms with E-state index in [1.807, 2.05) is 13.8 Å². The van der Waals surface area contributed by atoms with Crippen molar-refractivity contribution in [1.82, 2.24) is 4.90 Å². The van der Waals surface area contributed by atoms with Crippen LogP contribution in [0.5, 0.6) is 0 Å². The number of methoxy groups -OCH3 is 1. The third-order valence-corrected chi connectivity index (χ3v) is 3.11. The van der Waals surface area contributed by atoms with Crippen molar-refractivity contribution in [3.05, 3.63) is 29.8 Å². The van der Waals surface area contributed by atoms with E-state index in [1.165, 1.54) is 0 Å². The molecule has 0 heterocycles. The minimum absolute atomic E-state index is 0.0440. The number of nitrogens with one attached hydrogen (secondary N) is 1. The fourth-order valence-corrected chi connectivity index (χ4v) is 1.93. The summed E-state index contributed by atoms with van der Waals surface area (Å²) in [7, 11) is 1.57. The molecule has 0 aromatic heterocycles. The highest BCUT2D eigenvalue weighted by Gasteiger charge is 2.13. The minimum Gasteiger partial charge on any atom is -0.382 e. The smallest absolute Gasteiger partial charge is 0.253 e. The third-order valence-electron chi connectivity index (χ3n) is 3.11. The number of benzene rings is 1. The summed E-state index contributed by atoms with van der Waals surface area (Å²) >= 11 is 0. The molecule has 1 aromatic carbocycles. The van der Waals surface area contributed by atoms with E-state index in [0.29, 0.717) is 37.6 Å². The van der Waals surface area contributed by atoms with Gasteiger partial charge < -0.3 is 19.7 Å². The first-order valence-electron chi connectivity index (χ1n) is 7.38. The molecule has 6 nitrogen and oxygen atoms in total. The molecule has 0 atom stereocenters. The lowest BCUT2D eigenvalue weighted by molar-refractivity contribution is -0.121. The van der Waals surface area contributed by atoms with Gasteiger partial charge in [-0.3, -0.25) is 9.59 Å². The van der Waals surface area contributed by atoms with E-state index >= 15 is 0 Å². The van der Waals surface area contributed by atoms with Crippen molar-refractivity contribution in [3.8, 4) is 0 Å². The number of carbonyl (C=O) groups is 2. The number of carbonyl (C=O) groups excluding carboxylic acids is 2. The first-order chi connectivity index (χ1) is 10.6. The van der Waals surface area contributed by atoms with Gasteiger partial charge in [-0.25, -0.2) is 0 Å². The lowest BCUT2D eigenvalue weighted by Gasteiger charge is -2.19. The highest BCUT2D eigenvalue weighted by atomic mass is 16.5. The maximum Gasteiger partial charge on any atom is 0.253 e. The normalized spacial score (nSPS) is 10.3. The molecule has 6 heteroatoms. The molecular weight excluding hydrogens is 284 g/mol. The Morgan fingerprint density at radius 3 is 2.55 bits per heavy atom. The molecule has 1 rings (SSSR count). The molecule has 0 unspecified atom stereocenters. The molecule has 122 valence electrons. The average Bonchev–Trinajstić information content (AvgIpc) is 2.53. The lowest BCUT2D eigenvalue weighted by Crippen LogP contribution is -2.30. The van der Waals surface area contributed by atoms with E-state index in [2.05, 4.69) is 5.32 Å². The van der Waals surface area contributed by atoms with Crippen LogP contribution in [0.2, 0.25) is 0 Å². The van der Waals surface area contributed by atoms with Crippen LogP contribution in [0.15, 0.2) is 24.3 Å². The van der Waals surface area contributed by atoms with Crippen molar-refractivity contribution in [2.24, 2.45) is 0 Å². The van der Waals surface area contributed by atoms with Crippen molar-refractivity contribution in [3.63, 3.8) is 0 Å². The number of amides is 2. The van der Waals surface area contributed by atoms with Crippen molar-refractivity contribution >= 4 is 17.5 Å². The quantitative estimate of drug-likeness (QED) is 0.706. The molecule has 1 aromatic rings. The van der Waals surface area contributed by atoms with Gasteiger partial charge in [0.25, 0.3) is 5.91 Å². The number of ether oxygens (including phenoxy) is 2. The van der Waals surface area contributed by atoms with Crippen LogP contribution in [0.25, 0.3) is 0 Å². The van der Waals surface area contributed by atoms with E-state index in [4.69, 9.17) is 9.47 Å². The predicted octanol–water partition coefficient (Wildman–Crippen LogP) is 1.77. The molecule has 22 heavy (non-hydrogen) atoms. The zero-order chi connectivity index (χ0) is 16.4. The van der Waals surface area contributed by atoms with Gasteiger partial charge in [-0.05, 0) is 32.0 Å². The SMILES string of the molecule is CCN(CC)C(=O)c1cccc(NC(=O)COCCOC)c1. The van der Waals surface area contributed by atoms with Crippen LogP contribution in [-0.4, -0.2) is 56.7 Å². The Balaban J connectivity index is 2.60. The van der Waals surface area contributed by atoms with Crippen LogP contribution in [-0.2, 0) is 14.3 Å². The molecule has 1 N–H and O–H groups in total. The van der Waals surface area contributed by atoms with E-state index in [-0.39, 0.29) is 18.4 Å². The maximum atomic E-state index is 12.3. The van der Waals surface area contributed by atoms with Gasteiger partial charge in [0.15, 0.2) is 0 Å². The number of rotatable bonds is 9. The van der Waals surface area contributed by atoms with Gasteiger partial charge in [-0.1, -0.05) is 6.07 Å². The van der Waals surface area contributed by atoms with Gasteiger partial charge in [-0.15, -0.1) is 0 Å². The number of anilines is 1. The Kier molecular flexibility index (Phi) is 8.17. The lowest BCUT2D eigenvalue weighted by atomic mass is 10.1. The van der Waals surface area contributed by atoms with Crippen LogP contribution < -0.4 is 5.32 Å². The highest BCUT2D eigenvalue weighted by molar-refractivity contribution is 5.97. The Hall–Kier alpha value is -1.92. The molecule has 0 saturated heterocycles. The van der Waals surface area contributed by atoms with Gasteiger partial charge in [0.1, 0.15) is 6.61 Å². The van der Waals surface area contributed by atoms with Crippen LogP contribution >= 0.6 is 0 Å². The van der Waals surface area contributed by atoms with Crippen LogP contribution in [0.1, 0.15) is 24.2 Å². The fourth-order valence-electron chi connectivity index (χ4n) is 1.93. The van der Waals surface area contributed by atoms with Gasteiger partial charge in [0.05, 0.1) is 13.2 Å². The highest BCUT2D eigenvalue weighted by Crippen LogP contribution is 2.13. The Morgan fingerprint density at radius 2 is 1.91 bits per heavy atom. The molecule has 0 fully saturated rings. The van der Waals surface area contributed by atoms with Crippen molar-refractivity contribution in [2.75, 3.05) is 45.3 Å². The van der Waals surface area contributed by atoms with E-state index < -0.39 is 0 Å². The summed E-state index contributed by atoms with van der Waals surface area (Å²) in [5.74, 6) is -0.305. The largest absolute Gasteiger partial charge is 0.382 e. The maximum absolute atomic E-state index is 12.3. The summed E-state index contributed by atoms with van der Waals surface area (Å²) in [4.78, 5) is 25.7. The van der Waals surface area contributed by atoms with Crippen LogP contribution in [0.3, 0.4) is 0 Å². The van der Waals surface area contributed by atoms with Crippen molar-refractivity contribution in [2.45, 2.75) is 13.8 Å². The van der Waals surface area contributed by atoms with Crippen LogP contribution in [0, 0.1) is 0 Å². The summed E-state index contributed by atoms with van der Waals surface area (Å²) in [6.45, 7) is 5.94. The summed E-state index contributed by atoms with van der Waals surface area (Å²) in [6, 6.07) is 6.91. The van der Waals surface area contributed by atoms with Gasteiger partial charge >= 0.3 is 0 Å². The molecule has 0 radical (unpaired) electrons. The monoisotopic (exact) mass is 308 g/mol. The second kappa shape index (κ2) is 9.92. The number of nitrogens with zero attached hydrogens (tertiary/aromatic N) is 1. The number of hydrogen-bond donors (Lipinski definition) is 1. The first-order valence-corrected chi connectivity index (χ1v) is 7.38. The Morgan fingerprint density at radius 1 is 1.18 bits per heavy atom. The summed E-state index contributed by atoms with van der Waals surface area (Å²) in [5, 5.41) is 2.71. The molecular formula is C16H24N2O4. The van der Waals surface area contributed by atoms with Gasteiger partial charge in [0, 0.05) is 31.5 Å². The van der Waals surface area contributed by atoms with E-state index in [1.54, 1.807) is 36.3 Å². The standard InChI is InChI=1S/C16H24N2O4/c1-4-18(5-2)16(20)13-7-6-8-14(11-13)17-15(19)12-22-10-9-21-3/h6-8,11H,4-5,9-10,12H2,1-3H3,(H,17,19). The minimum atomic E-state index is -0.261. The molecule has 0 spiro atoms. The molecule has 0 bridgehead atoms. The van der Waals surface area contributed by atoms with Gasteiger partial charge in [-0.2, -0.15) is 0 Å². The van der Waals surface area contributed by atoms with E-state index in [9.17, 15) is 9.59 Å². The van der Waals surface area contributed by atoms with Crippen LogP contribution in [0.4, 0.5) is 5.69 Å². The summed E-state index contributed by atoms with van der Waals surface area (Å²) < 4.78 is 9.98. The Labute approximate surface area is 131 Å². The second-order valence-electron chi connectivity index (χ2n) is 4.65. The van der Waals surface area contributed by atoms with Gasteiger partial charge in [0.2, 0.25) is 5.91 Å². The Bertz CT molecular complexity index is 487. The second-order valence-corrected chi connectivity index (χ2v) is 4.65. The molecule has 0 aliphatic heterocycles. The van der Waals surface area contributed by atoms with E-state index in [0.717, 1.165) is 0 Å². The zero-order valence-electron chi connectivity index (χ0n) is 13.4. The first kappa shape index (κ1) is 18.1. The summed E-state index contributed by atoms with van der Waals surface area (Å²) in [6.07, 6.45) is 0. The molecule has 2 amide bonds. The van der Waals surface area contributed by atoms with Crippen molar-refractivity contribution < 1.29 is 19.1 Å². The predicted molar refractivity (Wildman–Crippen MR) is 85.0 cm³/mol. The molecule has 0 saturated carbocycles. The zero-order valence-corrected chi connectivity index (χ0v) is 13.4. The third kappa shape index (κ3) is 5.83. The fraction of sp³-hybridized carbons (Fsp3) is 0.500. The average molecular weight is 308 g/mol. The molecule has 0 aliphatic carbocycles. The molecule has 0 aliphatic rings. The number of hydrogen-bond acceptors (Lipinski definition) is 4. The summed E-state index contributed by atoms with van der Waals surface area (Å²) in [5.41, 5.74) is 1.14.